The molecule has 0 amide bonds. The number of hydrogen-bond acceptors (Lipinski definition) is 9. The zero-order chi connectivity index (χ0) is 24.1. The van der Waals surface area contributed by atoms with Crippen LogP contribution in [-0.4, -0.2) is 53.5 Å². The van der Waals surface area contributed by atoms with E-state index in [0.717, 1.165) is 24.1 Å². The lowest BCUT2D eigenvalue weighted by Gasteiger charge is -2.27. The molecule has 0 aromatic carbocycles. The maximum Gasteiger partial charge on any atom is 0.306 e. The lowest BCUT2D eigenvalue weighted by Crippen LogP contribution is -2.29. The van der Waals surface area contributed by atoms with Gasteiger partial charge in [-0.25, -0.2) is 15.0 Å². The summed E-state index contributed by atoms with van der Waals surface area (Å²) in [7, 11) is 1.85. The van der Waals surface area contributed by atoms with E-state index in [-0.39, 0.29) is 12.0 Å². The zero-order valence-electron chi connectivity index (χ0n) is 19.6. The molecule has 1 aliphatic rings. The zero-order valence-corrected chi connectivity index (χ0v) is 19.6. The molecule has 0 bridgehead atoms. The van der Waals surface area contributed by atoms with E-state index in [2.05, 4.69) is 30.4 Å². The van der Waals surface area contributed by atoms with Crippen LogP contribution in [0.25, 0.3) is 11.4 Å². The van der Waals surface area contributed by atoms with Gasteiger partial charge in [-0.05, 0) is 39.5 Å². The summed E-state index contributed by atoms with van der Waals surface area (Å²) in [6.45, 7) is 4.71. The molecule has 0 radical (unpaired) electrons. The topological polar surface area (TPSA) is 137 Å². The lowest BCUT2D eigenvalue weighted by atomic mass is 9.87. The van der Waals surface area contributed by atoms with Gasteiger partial charge < -0.3 is 19.9 Å². The summed E-state index contributed by atoms with van der Waals surface area (Å²) in [4.78, 5) is 29.1. The van der Waals surface area contributed by atoms with Crippen molar-refractivity contribution >= 4 is 11.9 Å². The molecule has 11 nitrogen and oxygen atoms in total. The number of carboxylic acid groups (broad SMARTS) is 1. The molecule has 3 aromatic heterocycles. The molecule has 3 heterocycles. The van der Waals surface area contributed by atoms with Crippen LogP contribution in [0.4, 0.5) is 5.95 Å². The Kier molecular flexibility index (Phi) is 7.19. The number of anilines is 1. The van der Waals surface area contributed by atoms with E-state index in [4.69, 9.17) is 9.47 Å². The highest BCUT2D eigenvalue weighted by atomic mass is 16.5. The van der Waals surface area contributed by atoms with Crippen molar-refractivity contribution in [2.45, 2.75) is 52.2 Å². The summed E-state index contributed by atoms with van der Waals surface area (Å²) in [5.74, 6) is 0.945. The third-order valence-corrected chi connectivity index (χ3v) is 5.84. The quantitative estimate of drug-likeness (QED) is 0.483. The standard InChI is InChI=1S/C23H29N7O4/c1-4-33-20-8-9-24-23(29-20)26-12-18-17(11-27-30(18)3)21-25-13-19(14(2)28-21)34-16-7-5-6-15(10-16)22(31)32/h8-9,11,13,15-16H,4-7,10,12H2,1-3H3,(H,31,32)(H,24,26,29)/t15-,16?/m0/s1. The molecule has 4 rings (SSSR count). The largest absolute Gasteiger partial charge is 0.487 e. The number of ether oxygens (including phenoxy) is 2. The third-order valence-electron chi connectivity index (χ3n) is 5.84. The van der Waals surface area contributed by atoms with Crippen LogP contribution in [0.2, 0.25) is 0 Å². The second kappa shape index (κ2) is 10.4. The molecule has 34 heavy (non-hydrogen) atoms. The average Bonchev–Trinajstić information content (AvgIpc) is 3.20. The van der Waals surface area contributed by atoms with Gasteiger partial charge in [-0.1, -0.05) is 0 Å². The van der Waals surface area contributed by atoms with Gasteiger partial charge >= 0.3 is 5.97 Å². The molecule has 3 aromatic rings. The number of carboxylic acids is 1. The first-order chi connectivity index (χ1) is 16.4. The van der Waals surface area contributed by atoms with Crippen LogP contribution in [0.15, 0.2) is 24.7 Å². The Morgan fingerprint density at radius 1 is 1.26 bits per heavy atom. The minimum Gasteiger partial charge on any atom is -0.487 e. The first-order valence-corrected chi connectivity index (χ1v) is 11.4. The predicted octanol–water partition coefficient (Wildman–Crippen LogP) is 3.01. The molecular weight excluding hydrogens is 438 g/mol. The Balaban J connectivity index is 1.47. The van der Waals surface area contributed by atoms with Crippen molar-refractivity contribution < 1.29 is 19.4 Å². The number of nitrogens with zero attached hydrogens (tertiary/aromatic N) is 6. The smallest absolute Gasteiger partial charge is 0.306 e. The Morgan fingerprint density at radius 2 is 2.12 bits per heavy atom. The summed E-state index contributed by atoms with van der Waals surface area (Å²) < 4.78 is 13.3. The second-order valence-corrected chi connectivity index (χ2v) is 8.22. The molecule has 0 aliphatic heterocycles. The van der Waals surface area contributed by atoms with Crippen LogP contribution in [0.1, 0.15) is 44.0 Å². The molecule has 0 spiro atoms. The van der Waals surface area contributed by atoms with Crippen molar-refractivity contribution in [1.82, 2.24) is 29.7 Å². The van der Waals surface area contributed by atoms with Gasteiger partial charge in [0.2, 0.25) is 11.8 Å². The molecule has 180 valence electrons. The van der Waals surface area contributed by atoms with E-state index in [1.807, 2.05) is 20.9 Å². The summed E-state index contributed by atoms with van der Waals surface area (Å²) in [6, 6.07) is 1.71. The van der Waals surface area contributed by atoms with Crippen molar-refractivity contribution in [3.05, 3.63) is 36.0 Å². The van der Waals surface area contributed by atoms with Gasteiger partial charge in [0.05, 0.1) is 54.5 Å². The van der Waals surface area contributed by atoms with Gasteiger partial charge in [-0.2, -0.15) is 10.1 Å². The number of aromatic nitrogens is 6. The van der Waals surface area contributed by atoms with E-state index in [0.29, 0.717) is 55.1 Å². The molecule has 1 aliphatic carbocycles. The fraction of sp³-hybridized carbons (Fsp3) is 0.478. The Morgan fingerprint density at radius 3 is 2.88 bits per heavy atom. The van der Waals surface area contributed by atoms with Crippen LogP contribution >= 0.6 is 0 Å². The van der Waals surface area contributed by atoms with Crippen LogP contribution < -0.4 is 14.8 Å². The predicted molar refractivity (Wildman–Crippen MR) is 124 cm³/mol. The molecule has 1 unspecified atom stereocenters. The molecule has 2 atom stereocenters. The van der Waals surface area contributed by atoms with Gasteiger partial charge in [-0.15, -0.1) is 0 Å². The molecule has 2 N–H and O–H groups in total. The summed E-state index contributed by atoms with van der Waals surface area (Å²) in [5, 5.41) is 16.9. The number of aliphatic carboxylic acids is 1. The Hall–Kier alpha value is -3.76. The Labute approximate surface area is 197 Å². The van der Waals surface area contributed by atoms with Gasteiger partial charge in [0, 0.05) is 19.3 Å². The number of nitrogens with one attached hydrogen (secondary N) is 1. The minimum atomic E-state index is -0.760. The van der Waals surface area contributed by atoms with Crippen molar-refractivity contribution in [1.29, 1.82) is 0 Å². The fourth-order valence-corrected chi connectivity index (χ4v) is 4.03. The molecule has 1 saturated carbocycles. The first kappa shape index (κ1) is 23.4. The van der Waals surface area contributed by atoms with E-state index in [1.54, 1.807) is 29.3 Å². The van der Waals surface area contributed by atoms with E-state index >= 15 is 0 Å². The number of aryl methyl sites for hydroxylation is 2. The van der Waals surface area contributed by atoms with Crippen molar-refractivity contribution in [3.63, 3.8) is 0 Å². The van der Waals surface area contributed by atoms with Gasteiger partial charge in [-0.3, -0.25) is 9.48 Å². The van der Waals surface area contributed by atoms with E-state index in [1.165, 1.54) is 0 Å². The van der Waals surface area contributed by atoms with Crippen LogP contribution in [0.5, 0.6) is 11.6 Å². The maximum atomic E-state index is 11.3. The second-order valence-electron chi connectivity index (χ2n) is 8.22. The molecule has 11 heteroatoms. The molecule has 0 saturated heterocycles. The van der Waals surface area contributed by atoms with Crippen LogP contribution in [-0.2, 0) is 18.4 Å². The van der Waals surface area contributed by atoms with Gasteiger partial charge in [0.15, 0.2) is 11.6 Å². The fourth-order valence-electron chi connectivity index (χ4n) is 4.03. The molecular formula is C23H29N7O4. The van der Waals surface area contributed by atoms with E-state index in [9.17, 15) is 9.90 Å². The van der Waals surface area contributed by atoms with Gasteiger partial charge in [0.25, 0.3) is 0 Å². The lowest BCUT2D eigenvalue weighted by molar-refractivity contribution is -0.143. The van der Waals surface area contributed by atoms with Crippen molar-refractivity contribution in [3.8, 4) is 23.0 Å². The summed E-state index contributed by atoms with van der Waals surface area (Å²) in [5.41, 5.74) is 2.35. The minimum absolute atomic E-state index is 0.145. The maximum absolute atomic E-state index is 11.3. The summed E-state index contributed by atoms with van der Waals surface area (Å²) >= 11 is 0. The van der Waals surface area contributed by atoms with Gasteiger partial charge in [0.1, 0.15) is 0 Å². The normalized spacial score (nSPS) is 17.9. The SMILES string of the molecule is CCOc1ccnc(NCc2c(-c3ncc(OC4CCC[C@H](C(=O)O)C4)c(C)n3)cnn2C)n1. The average molecular weight is 468 g/mol. The summed E-state index contributed by atoms with van der Waals surface area (Å²) in [6.07, 6.45) is 7.74. The van der Waals surface area contributed by atoms with Crippen LogP contribution in [0.3, 0.4) is 0 Å². The highest BCUT2D eigenvalue weighted by Gasteiger charge is 2.28. The highest BCUT2D eigenvalue weighted by Crippen LogP contribution is 2.30. The first-order valence-electron chi connectivity index (χ1n) is 11.4. The monoisotopic (exact) mass is 467 g/mol. The number of carbonyl (C=O) groups is 1. The highest BCUT2D eigenvalue weighted by molar-refractivity contribution is 5.70. The third kappa shape index (κ3) is 5.41. The number of hydrogen-bond donors (Lipinski definition) is 2. The Bertz CT molecular complexity index is 1150. The van der Waals surface area contributed by atoms with Crippen molar-refractivity contribution in [2.75, 3.05) is 11.9 Å². The van der Waals surface area contributed by atoms with E-state index < -0.39 is 5.97 Å². The molecule has 1 fully saturated rings. The number of rotatable bonds is 9. The van der Waals surface area contributed by atoms with Crippen molar-refractivity contribution in [2.24, 2.45) is 13.0 Å². The van der Waals surface area contributed by atoms with Crippen LogP contribution in [0, 0.1) is 12.8 Å².